The lowest BCUT2D eigenvalue weighted by Gasteiger charge is -2.47. The Hall–Kier alpha value is -4.44. The standard InChI is InChI=1S/C22H20N6O4.H2O/c29-21(30)27(17-9-3-1-4-10-17)25-15-23-16-26(20(25)19-13-7-8-14-24-19)28(22(31)32)18-11-5-2-6-12-18;/h1-12,14-15,19-20,24H,16H2,(H-,29,30,31,32);1H2. The summed E-state index contributed by atoms with van der Waals surface area (Å²) in [7, 11) is 0. The summed E-state index contributed by atoms with van der Waals surface area (Å²) in [6.07, 6.45) is 6.38. The second kappa shape index (κ2) is 10.2. The van der Waals surface area contributed by atoms with Crippen molar-refractivity contribution in [1.82, 2.24) is 15.3 Å². The van der Waals surface area contributed by atoms with E-state index in [0.717, 1.165) is 10.0 Å². The van der Waals surface area contributed by atoms with Crippen molar-refractivity contribution in [2.75, 3.05) is 16.7 Å². The third-order valence-corrected chi connectivity index (χ3v) is 4.90. The van der Waals surface area contributed by atoms with Gasteiger partial charge in [0.15, 0.2) is 12.2 Å². The first-order chi connectivity index (χ1) is 15.6. The van der Waals surface area contributed by atoms with Gasteiger partial charge in [0.05, 0.1) is 29.7 Å². The van der Waals surface area contributed by atoms with Gasteiger partial charge in [-0.05, 0) is 24.3 Å². The minimum Gasteiger partial charge on any atom is -0.870 e. The van der Waals surface area contributed by atoms with Crippen LogP contribution in [0.15, 0.2) is 84.0 Å². The first-order valence-electron chi connectivity index (χ1n) is 9.79. The molecule has 0 aliphatic carbocycles. The van der Waals surface area contributed by atoms with E-state index in [1.807, 2.05) is 0 Å². The average Bonchev–Trinajstić information content (AvgIpc) is 2.81. The predicted octanol–water partition coefficient (Wildman–Crippen LogP) is 2.78. The number of anilines is 2. The van der Waals surface area contributed by atoms with Gasteiger partial charge in [0.2, 0.25) is 6.04 Å². The van der Waals surface area contributed by atoms with Crippen molar-refractivity contribution in [1.29, 1.82) is 0 Å². The van der Waals surface area contributed by atoms with Gasteiger partial charge < -0.3 is 21.0 Å². The van der Waals surface area contributed by atoms with Crippen LogP contribution in [0.25, 0.3) is 0 Å². The Morgan fingerprint density at radius 1 is 0.970 bits per heavy atom. The van der Waals surface area contributed by atoms with Crippen LogP contribution in [0.2, 0.25) is 0 Å². The summed E-state index contributed by atoms with van der Waals surface area (Å²) in [5.74, 6) is 0. The number of hydrazine groups is 2. The highest BCUT2D eigenvalue weighted by molar-refractivity contribution is 5.88. The zero-order valence-electron chi connectivity index (χ0n) is 17.3. The molecule has 11 heteroatoms. The number of para-hydroxylation sites is 2. The molecule has 2 amide bonds. The van der Waals surface area contributed by atoms with Crippen molar-refractivity contribution in [3.05, 3.63) is 85.1 Å². The maximum atomic E-state index is 12.3. The molecule has 0 aromatic heterocycles. The number of amides is 2. The number of benzene rings is 2. The first-order valence-corrected chi connectivity index (χ1v) is 9.79. The fourth-order valence-electron chi connectivity index (χ4n) is 3.61. The van der Waals surface area contributed by atoms with Gasteiger partial charge in [0.1, 0.15) is 13.0 Å². The molecule has 2 aliphatic heterocycles. The van der Waals surface area contributed by atoms with Crippen molar-refractivity contribution >= 4 is 29.9 Å². The maximum absolute atomic E-state index is 12.3. The number of nitrogens with zero attached hydrogens (tertiary/aromatic N) is 5. The van der Waals surface area contributed by atoms with Crippen LogP contribution in [0.3, 0.4) is 0 Å². The second-order valence-electron chi connectivity index (χ2n) is 6.87. The Balaban J connectivity index is 0.00000306. The van der Waals surface area contributed by atoms with Crippen LogP contribution in [-0.2, 0) is 0 Å². The monoisotopic (exact) mass is 450 g/mol. The molecule has 170 valence electrons. The Bertz CT molecular complexity index is 1050. The quantitative estimate of drug-likeness (QED) is 0.591. The number of rotatable bonds is 5. The molecule has 0 bridgehead atoms. The predicted molar refractivity (Wildman–Crippen MR) is 121 cm³/mol. The Morgan fingerprint density at radius 2 is 1.55 bits per heavy atom. The minimum absolute atomic E-state index is 0. The molecule has 2 aromatic rings. The van der Waals surface area contributed by atoms with Crippen LogP contribution in [0.4, 0.5) is 21.0 Å². The molecule has 2 atom stereocenters. The van der Waals surface area contributed by atoms with Crippen LogP contribution < -0.4 is 15.3 Å². The van der Waals surface area contributed by atoms with Crippen LogP contribution in [0.1, 0.15) is 0 Å². The molecule has 2 aromatic carbocycles. The summed E-state index contributed by atoms with van der Waals surface area (Å²) >= 11 is 0. The lowest BCUT2D eigenvalue weighted by atomic mass is 10.1. The highest BCUT2D eigenvalue weighted by atomic mass is 16.4. The summed E-state index contributed by atoms with van der Waals surface area (Å²) in [5.41, 5.74) is 0.786. The molecule has 0 spiro atoms. The van der Waals surface area contributed by atoms with Crippen molar-refractivity contribution < 1.29 is 25.3 Å². The number of allylic oxidation sites excluding steroid dienone is 2. The number of nitrogens with one attached hydrogen (secondary N) is 1. The number of hydrogen-bond acceptors (Lipinski definition) is 7. The van der Waals surface area contributed by atoms with E-state index in [1.165, 1.54) is 16.4 Å². The van der Waals surface area contributed by atoms with Crippen molar-refractivity contribution in [2.45, 2.75) is 12.2 Å². The third-order valence-electron chi connectivity index (χ3n) is 4.90. The molecule has 4 rings (SSSR count). The lowest BCUT2D eigenvalue weighted by Crippen LogP contribution is -2.69. The summed E-state index contributed by atoms with van der Waals surface area (Å²) in [4.78, 5) is 28.9. The van der Waals surface area contributed by atoms with E-state index in [9.17, 15) is 19.8 Å². The fraction of sp³-hybridized carbons (Fsp3) is 0.136. The molecular formula is C22H22N6O5. The van der Waals surface area contributed by atoms with Gasteiger partial charge in [-0.3, -0.25) is 4.99 Å². The zero-order chi connectivity index (χ0) is 22.5. The van der Waals surface area contributed by atoms with Crippen molar-refractivity contribution in [3.8, 4) is 0 Å². The molecular weight excluding hydrogens is 428 g/mol. The zero-order valence-corrected chi connectivity index (χ0v) is 17.3. The highest BCUT2D eigenvalue weighted by Crippen LogP contribution is 2.27. The highest BCUT2D eigenvalue weighted by Gasteiger charge is 2.45. The minimum atomic E-state index is -1.24. The molecule has 4 N–H and O–H groups in total. The van der Waals surface area contributed by atoms with Gasteiger partial charge in [0.25, 0.3) is 0 Å². The summed E-state index contributed by atoms with van der Waals surface area (Å²) in [5, 5.41) is 28.2. The molecule has 0 saturated heterocycles. The second-order valence-corrected chi connectivity index (χ2v) is 6.87. The maximum Gasteiger partial charge on any atom is 0.431 e. The molecule has 0 fully saturated rings. The summed E-state index contributed by atoms with van der Waals surface area (Å²) < 4.78 is 0. The number of hydrogen-bond donors (Lipinski definition) is 3. The van der Waals surface area contributed by atoms with Crippen LogP contribution in [0, 0.1) is 6.08 Å². The van der Waals surface area contributed by atoms with E-state index in [0.29, 0.717) is 11.4 Å². The SMILES string of the molecule is O=C(O)N(c1ccccc1)N1C=NCN(N(C(=O)O)c2ccccc2)C1C1[C+]=CC=CN1.[OH-]. The van der Waals surface area contributed by atoms with E-state index in [-0.39, 0.29) is 12.1 Å². The first kappa shape index (κ1) is 23.2. The number of aliphatic imine (C=N–C) groups is 1. The van der Waals surface area contributed by atoms with Gasteiger partial charge in [-0.1, -0.05) is 36.4 Å². The molecule has 0 saturated carbocycles. The van der Waals surface area contributed by atoms with Crippen LogP contribution >= 0.6 is 0 Å². The van der Waals surface area contributed by atoms with E-state index in [4.69, 9.17) is 0 Å². The molecule has 0 radical (unpaired) electrons. The molecule has 2 unspecified atom stereocenters. The largest absolute Gasteiger partial charge is 0.870 e. The van der Waals surface area contributed by atoms with E-state index < -0.39 is 24.4 Å². The summed E-state index contributed by atoms with van der Waals surface area (Å²) in [6, 6.07) is 16.5. The van der Waals surface area contributed by atoms with E-state index in [1.54, 1.807) is 79.0 Å². The average molecular weight is 450 g/mol. The number of carbonyl (C=O) groups is 2. The van der Waals surface area contributed by atoms with Crippen LogP contribution in [-0.4, -0.2) is 63.1 Å². The number of dihydropyridines is 1. The molecule has 33 heavy (non-hydrogen) atoms. The van der Waals surface area contributed by atoms with Crippen molar-refractivity contribution in [3.63, 3.8) is 0 Å². The van der Waals surface area contributed by atoms with E-state index in [2.05, 4.69) is 16.4 Å². The Morgan fingerprint density at radius 3 is 2.06 bits per heavy atom. The Kier molecular flexibility index (Phi) is 7.21. The van der Waals surface area contributed by atoms with E-state index >= 15 is 0 Å². The smallest absolute Gasteiger partial charge is 0.431 e. The Labute approximate surface area is 190 Å². The van der Waals surface area contributed by atoms with Crippen LogP contribution in [0.5, 0.6) is 0 Å². The normalized spacial score (nSPS) is 19.1. The molecule has 2 heterocycles. The topological polar surface area (TPSA) is 142 Å². The lowest BCUT2D eigenvalue weighted by molar-refractivity contribution is 0.0465. The van der Waals surface area contributed by atoms with Crippen molar-refractivity contribution in [2.24, 2.45) is 4.99 Å². The molecule has 2 aliphatic rings. The molecule has 11 nitrogen and oxygen atoms in total. The summed E-state index contributed by atoms with van der Waals surface area (Å²) in [6.45, 7) is -0.00577. The third kappa shape index (κ3) is 4.75. The number of carboxylic acid groups (broad SMARTS) is 2. The van der Waals surface area contributed by atoms with Gasteiger partial charge in [-0.25, -0.2) is 19.6 Å². The van der Waals surface area contributed by atoms with Gasteiger partial charge >= 0.3 is 12.2 Å². The van der Waals surface area contributed by atoms with Gasteiger partial charge in [-0.2, -0.15) is 10.0 Å². The van der Waals surface area contributed by atoms with Gasteiger partial charge in [0, 0.05) is 0 Å². The van der Waals surface area contributed by atoms with Gasteiger partial charge in [-0.15, -0.1) is 0 Å². The fourth-order valence-corrected chi connectivity index (χ4v) is 3.61.